The van der Waals surface area contributed by atoms with E-state index in [0.717, 1.165) is 41.5 Å². The molecule has 2 N–H and O–H groups in total. The maximum absolute atomic E-state index is 12.4. The lowest BCUT2D eigenvalue weighted by Gasteiger charge is -2.33. The number of pyridine rings is 1. The Morgan fingerprint density at radius 1 is 1.20 bits per heavy atom. The zero-order valence-electron chi connectivity index (χ0n) is 16.7. The van der Waals surface area contributed by atoms with Crippen molar-refractivity contribution in [3.63, 3.8) is 0 Å². The number of benzene rings is 1. The first-order valence-corrected chi connectivity index (χ1v) is 9.90. The molecule has 1 fully saturated rings. The average molecular weight is 405 g/mol. The molecule has 3 heterocycles. The van der Waals surface area contributed by atoms with Crippen molar-refractivity contribution >= 4 is 6.21 Å². The molecule has 30 heavy (non-hydrogen) atoms. The molecule has 0 amide bonds. The molecular weight excluding hydrogens is 382 g/mol. The van der Waals surface area contributed by atoms with Crippen molar-refractivity contribution in [1.29, 1.82) is 0 Å². The molecule has 0 aliphatic carbocycles. The summed E-state index contributed by atoms with van der Waals surface area (Å²) >= 11 is 0. The van der Waals surface area contributed by atoms with Gasteiger partial charge in [0.25, 0.3) is 5.56 Å². The number of aromatic hydroxyl groups is 1. The molecule has 0 spiro atoms. The molecule has 3 aromatic rings. The first-order chi connectivity index (χ1) is 14.5. The predicted molar refractivity (Wildman–Crippen MR) is 114 cm³/mol. The minimum Gasteiger partial charge on any atom is -0.493 e. The summed E-state index contributed by atoms with van der Waals surface area (Å²) in [5, 5.41) is 17.1. The zero-order chi connectivity index (χ0) is 21.1. The number of hydrazone groups is 1. The lowest BCUT2D eigenvalue weighted by Crippen LogP contribution is -2.32. The van der Waals surface area contributed by atoms with E-state index in [-0.39, 0.29) is 11.6 Å². The number of rotatable bonds is 4. The van der Waals surface area contributed by atoms with E-state index in [1.54, 1.807) is 18.3 Å². The molecule has 1 atom stereocenters. The SMILES string of the molecule is Cc1ccc(-n2c(O)c(C=NN3CCCCC3c3cccnc3)c(=O)[nH]c2=O)cc1. The summed E-state index contributed by atoms with van der Waals surface area (Å²) in [7, 11) is 0. The van der Waals surface area contributed by atoms with E-state index < -0.39 is 17.1 Å². The molecule has 1 saturated heterocycles. The fourth-order valence-corrected chi connectivity index (χ4v) is 3.69. The van der Waals surface area contributed by atoms with Crippen LogP contribution in [0.5, 0.6) is 5.88 Å². The third-order valence-corrected chi connectivity index (χ3v) is 5.29. The number of piperidine rings is 1. The van der Waals surface area contributed by atoms with Gasteiger partial charge in [0.1, 0.15) is 5.56 Å². The molecule has 4 rings (SSSR count). The van der Waals surface area contributed by atoms with Gasteiger partial charge in [0.2, 0.25) is 5.88 Å². The second-order valence-corrected chi connectivity index (χ2v) is 7.37. The van der Waals surface area contributed by atoms with Crippen molar-refractivity contribution < 1.29 is 5.11 Å². The Morgan fingerprint density at radius 2 is 2.00 bits per heavy atom. The second-order valence-electron chi connectivity index (χ2n) is 7.37. The third-order valence-electron chi connectivity index (χ3n) is 5.29. The number of hydrogen-bond acceptors (Lipinski definition) is 6. The van der Waals surface area contributed by atoms with E-state index in [1.165, 1.54) is 6.21 Å². The molecule has 1 aliphatic rings. The van der Waals surface area contributed by atoms with Gasteiger partial charge in [0.05, 0.1) is 17.9 Å². The maximum Gasteiger partial charge on any atom is 0.335 e. The van der Waals surface area contributed by atoms with Gasteiger partial charge in [0.15, 0.2) is 0 Å². The van der Waals surface area contributed by atoms with Gasteiger partial charge in [-0.15, -0.1) is 0 Å². The maximum atomic E-state index is 12.4. The first-order valence-electron chi connectivity index (χ1n) is 9.90. The average Bonchev–Trinajstić information content (AvgIpc) is 2.75. The van der Waals surface area contributed by atoms with E-state index >= 15 is 0 Å². The van der Waals surface area contributed by atoms with Crippen molar-refractivity contribution in [3.05, 3.63) is 86.3 Å². The largest absolute Gasteiger partial charge is 0.493 e. The van der Waals surface area contributed by atoms with Gasteiger partial charge in [0, 0.05) is 18.9 Å². The highest BCUT2D eigenvalue weighted by atomic mass is 16.3. The molecule has 1 unspecified atom stereocenters. The standard InChI is InChI=1S/C22H23N5O3/c1-15-7-9-17(10-8-15)27-21(29)18(20(28)25-22(27)30)14-24-26-12-3-2-6-19(26)16-5-4-11-23-13-16/h4-5,7-11,13-14,19,29H,2-3,6,12H2,1H3,(H,25,28,30). The van der Waals surface area contributed by atoms with Crippen LogP contribution in [0.1, 0.15) is 42.0 Å². The van der Waals surface area contributed by atoms with Crippen LogP contribution in [0.15, 0.2) is 63.5 Å². The fraction of sp³-hybridized carbons (Fsp3) is 0.273. The van der Waals surface area contributed by atoms with E-state index in [9.17, 15) is 14.7 Å². The lowest BCUT2D eigenvalue weighted by atomic mass is 9.98. The van der Waals surface area contributed by atoms with Crippen LogP contribution < -0.4 is 11.2 Å². The van der Waals surface area contributed by atoms with Gasteiger partial charge >= 0.3 is 5.69 Å². The first kappa shape index (κ1) is 19.6. The third kappa shape index (κ3) is 3.89. The minimum atomic E-state index is -0.704. The fourth-order valence-electron chi connectivity index (χ4n) is 3.69. The molecule has 1 aromatic carbocycles. The van der Waals surface area contributed by atoms with Gasteiger partial charge in [-0.3, -0.25) is 19.8 Å². The normalized spacial score (nSPS) is 16.8. The summed E-state index contributed by atoms with van der Waals surface area (Å²) in [5.74, 6) is -0.439. The van der Waals surface area contributed by atoms with Crippen molar-refractivity contribution in [2.75, 3.05) is 6.54 Å². The number of nitrogens with one attached hydrogen (secondary N) is 1. The number of aromatic nitrogens is 3. The summed E-state index contributed by atoms with van der Waals surface area (Å²) in [5.41, 5.74) is 1.08. The van der Waals surface area contributed by atoms with Gasteiger partial charge in [-0.2, -0.15) is 5.10 Å². The van der Waals surface area contributed by atoms with Crippen LogP contribution in [0.25, 0.3) is 5.69 Å². The van der Waals surface area contributed by atoms with Crippen LogP contribution in [0.3, 0.4) is 0 Å². The van der Waals surface area contributed by atoms with Gasteiger partial charge in [-0.25, -0.2) is 9.36 Å². The monoisotopic (exact) mass is 405 g/mol. The Bertz CT molecular complexity index is 1170. The molecule has 0 saturated carbocycles. The Hall–Kier alpha value is -3.68. The molecule has 154 valence electrons. The highest BCUT2D eigenvalue weighted by Crippen LogP contribution is 2.30. The number of nitrogens with zero attached hydrogens (tertiary/aromatic N) is 4. The van der Waals surface area contributed by atoms with Crippen molar-refractivity contribution in [3.8, 4) is 11.6 Å². The molecule has 8 heteroatoms. The van der Waals surface area contributed by atoms with Gasteiger partial charge < -0.3 is 5.11 Å². The topological polar surface area (TPSA) is 104 Å². The van der Waals surface area contributed by atoms with Crippen LogP contribution >= 0.6 is 0 Å². The van der Waals surface area contributed by atoms with Crippen LogP contribution in [0.2, 0.25) is 0 Å². The quantitative estimate of drug-likeness (QED) is 0.649. The van der Waals surface area contributed by atoms with Crippen molar-refractivity contribution in [1.82, 2.24) is 19.5 Å². The summed E-state index contributed by atoms with van der Waals surface area (Å²) in [6.07, 6.45) is 7.86. The Morgan fingerprint density at radius 3 is 2.73 bits per heavy atom. The summed E-state index contributed by atoms with van der Waals surface area (Å²) < 4.78 is 1.07. The lowest BCUT2D eigenvalue weighted by molar-refractivity contribution is 0.156. The highest BCUT2D eigenvalue weighted by molar-refractivity contribution is 5.82. The molecule has 1 aliphatic heterocycles. The van der Waals surface area contributed by atoms with Crippen LogP contribution in [0.4, 0.5) is 0 Å². The molecule has 0 bridgehead atoms. The highest BCUT2D eigenvalue weighted by Gasteiger charge is 2.23. The Kier molecular flexibility index (Phi) is 5.47. The van der Waals surface area contributed by atoms with Gasteiger partial charge in [-0.05, 0) is 49.9 Å². The zero-order valence-corrected chi connectivity index (χ0v) is 16.7. The van der Waals surface area contributed by atoms with Crippen LogP contribution in [0, 0.1) is 6.92 Å². The predicted octanol–water partition coefficient (Wildman–Crippen LogP) is 2.50. The van der Waals surface area contributed by atoms with E-state index in [2.05, 4.69) is 15.1 Å². The molecule has 2 aromatic heterocycles. The molecule has 8 nitrogen and oxygen atoms in total. The number of aromatic amines is 1. The smallest absolute Gasteiger partial charge is 0.335 e. The number of H-pyrrole nitrogens is 1. The van der Waals surface area contributed by atoms with Crippen LogP contribution in [-0.4, -0.2) is 37.4 Å². The number of aryl methyl sites for hydroxylation is 1. The van der Waals surface area contributed by atoms with Crippen LogP contribution in [-0.2, 0) is 0 Å². The molecular formula is C22H23N5O3. The molecule has 0 radical (unpaired) electrons. The summed E-state index contributed by atoms with van der Waals surface area (Å²) in [4.78, 5) is 31.2. The van der Waals surface area contributed by atoms with E-state index in [0.29, 0.717) is 5.69 Å². The minimum absolute atomic E-state index is 0.0490. The Balaban J connectivity index is 1.71. The summed E-state index contributed by atoms with van der Waals surface area (Å²) in [6.45, 7) is 2.65. The van der Waals surface area contributed by atoms with Crippen molar-refractivity contribution in [2.45, 2.75) is 32.2 Å². The van der Waals surface area contributed by atoms with E-state index in [4.69, 9.17) is 0 Å². The summed E-state index contributed by atoms with van der Waals surface area (Å²) in [6, 6.07) is 11.0. The second kappa shape index (κ2) is 8.36. The Labute approximate surface area is 173 Å². The number of hydrogen-bond donors (Lipinski definition) is 2. The van der Waals surface area contributed by atoms with E-state index in [1.807, 2.05) is 42.4 Å². The van der Waals surface area contributed by atoms with Crippen molar-refractivity contribution in [2.24, 2.45) is 5.10 Å². The van der Waals surface area contributed by atoms with Gasteiger partial charge in [-0.1, -0.05) is 23.8 Å².